The van der Waals surface area contributed by atoms with E-state index in [0.717, 1.165) is 29.5 Å². The van der Waals surface area contributed by atoms with Crippen LogP contribution in [-0.4, -0.2) is 15.0 Å². The van der Waals surface area contributed by atoms with Gasteiger partial charge in [-0.1, -0.05) is 12.1 Å². The van der Waals surface area contributed by atoms with Crippen molar-refractivity contribution in [3.05, 3.63) is 51.7 Å². The number of rotatable bonds is 7. The summed E-state index contributed by atoms with van der Waals surface area (Å²) < 4.78 is 27.1. The molecule has 0 bridgehead atoms. The Morgan fingerprint density at radius 3 is 2.48 bits per heavy atom. The molecule has 0 aliphatic heterocycles. The Morgan fingerprint density at radius 1 is 1.19 bits per heavy atom. The zero-order valence-electron chi connectivity index (χ0n) is 12.0. The molecule has 2 aromatic rings. The van der Waals surface area contributed by atoms with Crippen molar-refractivity contribution in [3.63, 3.8) is 0 Å². The summed E-state index contributed by atoms with van der Waals surface area (Å²) in [6.45, 7) is 2.95. The lowest BCUT2D eigenvalue weighted by Crippen LogP contribution is -2.23. The van der Waals surface area contributed by atoms with E-state index in [4.69, 9.17) is 5.73 Å². The number of sulfonamides is 1. The highest BCUT2D eigenvalue weighted by atomic mass is 32.2. The Labute approximate surface area is 130 Å². The summed E-state index contributed by atoms with van der Waals surface area (Å²) >= 11 is 1.58. The van der Waals surface area contributed by atoms with Crippen molar-refractivity contribution in [1.82, 2.24) is 4.72 Å². The van der Waals surface area contributed by atoms with E-state index in [1.165, 1.54) is 0 Å². The van der Waals surface area contributed by atoms with Crippen molar-refractivity contribution in [2.24, 2.45) is 5.73 Å². The molecule has 0 saturated heterocycles. The van der Waals surface area contributed by atoms with Gasteiger partial charge in [0, 0.05) is 6.54 Å². The molecule has 0 fully saturated rings. The van der Waals surface area contributed by atoms with Crippen LogP contribution < -0.4 is 10.5 Å². The van der Waals surface area contributed by atoms with Gasteiger partial charge in [0.05, 0.1) is 4.90 Å². The molecule has 0 unspecified atom stereocenters. The predicted molar refractivity (Wildman–Crippen MR) is 86.9 cm³/mol. The Morgan fingerprint density at radius 2 is 1.90 bits per heavy atom. The van der Waals surface area contributed by atoms with Crippen molar-refractivity contribution < 1.29 is 8.42 Å². The Bertz CT molecular complexity index is 676. The minimum Gasteiger partial charge on any atom is -0.330 e. The second kappa shape index (κ2) is 7.17. The number of nitrogens with two attached hydrogens (primary N) is 1. The van der Waals surface area contributed by atoms with Crippen LogP contribution in [-0.2, 0) is 23.0 Å². The van der Waals surface area contributed by atoms with E-state index in [1.54, 1.807) is 23.5 Å². The van der Waals surface area contributed by atoms with E-state index in [-0.39, 0.29) is 0 Å². The van der Waals surface area contributed by atoms with Crippen molar-refractivity contribution in [2.75, 3.05) is 6.54 Å². The van der Waals surface area contributed by atoms with Crippen LogP contribution in [0.1, 0.15) is 23.1 Å². The molecular formula is C15H20N2O2S2. The topological polar surface area (TPSA) is 72.2 Å². The molecule has 2 rings (SSSR count). The average Bonchev–Trinajstić information content (AvgIpc) is 2.89. The second-order valence-electron chi connectivity index (χ2n) is 4.94. The van der Waals surface area contributed by atoms with Crippen LogP contribution in [0.15, 0.2) is 39.9 Å². The fourth-order valence-corrected chi connectivity index (χ4v) is 3.83. The quantitative estimate of drug-likeness (QED) is 0.821. The predicted octanol–water partition coefficient (Wildman–Crippen LogP) is 2.43. The van der Waals surface area contributed by atoms with E-state index in [0.29, 0.717) is 18.0 Å². The maximum atomic E-state index is 12.2. The molecule has 1 aromatic heterocycles. The van der Waals surface area contributed by atoms with Crippen LogP contribution in [0.2, 0.25) is 0 Å². The van der Waals surface area contributed by atoms with Crippen LogP contribution in [0.4, 0.5) is 0 Å². The third-order valence-electron chi connectivity index (χ3n) is 3.32. The van der Waals surface area contributed by atoms with Crippen LogP contribution >= 0.6 is 11.3 Å². The summed E-state index contributed by atoms with van der Waals surface area (Å²) in [6, 6.07) is 6.99. The maximum Gasteiger partial charge on any atom is 0.240 e. The molecule has 21 heavy (non-hydrogen) atoms. The molecule has 0 atom stereocenters. The lowest BCUT2D eigenvalue weighted by Gasteiger charge is -2.07. The number of benzene rings is 1. The SMILES string of the molecule is Cc1cscc1CNS(=O)(=O)c1ccc(CCCN)cc1. The second-order valence-corrected chi connectivity index (χ2v) is 7.45. The number of thiophene rings is 1. The minimum atomic E-state index is -3.46. The van der Waals surface area contributed by atoms with Gasteiger partial charge in [-0.3, -0.25) is 0 Å². The van der Waals surface area contributed by atoms with Crippen LogP contribution in [0.25, 0.3) is 0 Å². The Hall–Kier alpha value is -1.21. The molecule has 1 aromatic carbocycles. The fourth-order valence-electron chi connectivity index (χ4n) is 1.97. The number of aryl methyl sites for hydroxylation is 2. The van der Waals surface area contributed by atoms with Gasteiger partial charge in [-0.2, -0.15) is 11.3 Å². The van der Waals surface area contributed by atoms with E-state index >= 15 is 0 Å². The largest absolute Gasteiger partial charge is 0.330 e. The molecule has 0 spiro atoms. The summed E-state index contributed by atoms with van der Waals surface area (Å²) in [7, 11) is -3.46. The molecule has 0 aliphatic carbocycles. The van der Waals surface area contributed by atoms with E-state index in [1.807, 2.05) is 29.8 Å². The van der Waals surface area contributed by atoms with Gasteiger partial charge < -0.3 is 5.73 Å². The summed E-state index contributed by atoms with van der Waals surface area (Å²) in [5, 5.41) is 3.98. The fraction of sp³-hybridized carbons (Fsp3) is 0.333. The first kappa shape index (κ1) is 16.2. The maximum absolute atomic E-state index is 12.2. The zero-order valence-corrected chi connectivity index (χ0v) is 13.6. The molecule has 4 nitrogen and oxygen atoms in total. The third-order valence-corrected chi connectivity index (χ3v) is 5.64. The van der Waals surface area contributed by atoms with Crippen molar-refractivity contribution >= 4 is 21.4 Å². The first-order chi connectivity index (χ1) is 10.0. The van der Waals surface area contributed by atoms with Gasteiger partial charge in [-0.15, -0.1) is 0 Å². The average molecular weight is 324 g/mol. The molecule has 1 heterocycles. The van der Waals surface area contributed by atoms with Crippen LogP contribution in [0.5, 0.6) is 0 Å². The molecule has 114 valence electrons. The smallest absolute Gasteiger partial charge is 0.240 e. The highest BCUT2D eigenvalue weighted by Gasteiger charge is 2.14. The number of nitrogens with one attached hydrogen (secondary N) is 1. The lowest BCUT2D eigenvalue weighted by atomic mass is 10.1. The molecule has 0 radical (unpaired) electrons. The normalized spacial score (nSPS) is 11.7. The summed E-state index contributed by atoms with van der Waals surface area (Å²) in [5.41, 5.74) is 8.70. The van der Waals surface area contributed by atoms with E-state index in [2.05, 4.69) is 4.72 Å². The third kappa shape index (κ3) is 4.38. The molecule has 0 saturated carbocycles. The molecule has 3 N–H and O–H groups in total. The van der Waals surface area contributed by atoms with Gasteiger partial charge in [-0.05, 0) is 65.9 Å². The molecule has 6 heteroatoms. The van der Waals surface area contributed by atoms with Crippen molar-refractivity contribution in [2.45, 2.75) is 31.2 Å². The van der Waals surface area contributed by atoms with Gasteiger partial charge in [-0.25, -0.2) is 13.1 Å². The monoisotopic (exact) mass is 324 g/mol. The Kier molecular flexibility index (Phi) is 5.52. The zero-order chi connectivity index (χ0) is 15.3. The molecule has 0 amide bonds. The van der Waals surface area contributed by atoms with Crippen LogP contribution in [0.3, 0.4) is 0 Å². The number of hydrogen-bond donors (Lipinski definition) is 2. The summed E-state index contributed by atoms with van der Waals surface area (Å²) in [6.07, 6.45) is 1.78. The summed E-state index contributed by atoms with van der Waals surface area (Å²) in [4.78, 5) is 0.298. The van der Waals surface area contributed by atoms with Gasteiger partial charge in [0.25, 0.3) is 0 Å². The summed E-state index contributed by atoms with van der Waals surface area (Å²) in [5.74, 6) is 0. The van der Waals surface area contributed by atoms with Gasteiger partial charge in [0.2, 0.25) is 10.0 Å². The number of hydrogen-bond acceptors (Lipinski definition) is 4. The van der Waals surface area contributed by atoms with E-state index in [9.17, 15) is 8.42 Å². The Balaban J connectivity index is 2.03. The van der Waals surface area contributed by atoms with Crippen molar-refractivity contribution in [1.29, 1.82) is 0 Å². The first-order valence-corrected chi connectivity index (χ1v) is 9.26. The highest BCUT2D eigenvalue weighted by molar-refractivity contribution is 7.89. The van der Waals surface area contributed by atoms with E-state index < -0.39 is 10.0 Å². The molecular weight excluding hydrogens is 304 g/mol. The minimum absolute atomic E-state index is 0.298. The van der Waals surface area contributed by atoms with Crippen molar-refractivity contribution in [3.8, 4) is 0 Å². The standard InChI is InChI=1S/C15H20N2O2S2/c1-12-10-20-11-14(12)9-17-21(18,19)15-6-4-13(5-7-15)3-2-8-16/h4-7,10-11,17H,2-3,8-9,16H2,1H3. The van der Waals surface area contributed by atoms with Gasteiger partial charge in [0.15, 0.2) is 0 Å². The first-order valence-electron chi connectivity index (χ1n) is 6.83. The lowest BCUT2D eigenvalue weighted by molar-refractivity contribution is 0.581. The molecule has 0 aliphatic rings. The van der Waals surface area contributed by atoms with Crippen LogP contribution in [0, 0.1) is 6.92 Å². The van der Waals surface area contributed by atoms with Gasteiger partial charge in [0.1, 0.15) is 0 Å². The highest BCUT2D eigenvalue weighted by Crippen LogP contribution is 2.16. The van der Waals surface area contributed by atoms with Gasteiger partial charge >= 0.3 is 0 Å².